The van der Waals surface area contributed by atoms with Crippen LogP contribution in [0.15, 0.2) is 0 Å². The molecule has 7 atom stereocenters. The summed E-state index contributed by atoms with van der Waals surface area (Å²) in [5, 5.41) is 0. The zero-order valence-electron chi connectivity index (χ0n) is 12.8. The van der Waals surface area contributed by atoms with Gasteiger partial charge in [0.05, 0.1) is 24.9 Å². The van der Waals surface area contributed by atoms with E-state index in [1.165, 1.54) is 7.11 Å². The van der Waals surface area contributed by atoms with Crippen molar-refractivity contribution < 1.29 is 32.7 Å². The second kappa shape index (κ2) is 7.79. The van der Waals surface area contributed by atoms with Gasteiger partial charge in [0.15, 0.2) is 0 Å². The summed E-state index contributed by atoms with van der Waals surface area (Å²) in [5.74, 6) is 0. The molecule has 0 spiro atoms. The van der Waals surface area contributed by atoms with Crippen molar-refractivity contribution in [3.8, 4) is 0 Å². The minimum absolute atomic E-state index is 0.142. The smallest absolute Gasteiger partial charge is 0.382 e. The van der Waals surface area contributed by atoms with Crippen LogP contribution in [0.5, 0.6) is 0 Å². The Labute approximate surface area is 133 Å². The van der Waals surface area contributed by atoms with Crippen LogP contribution in [0.4, 0.5) is 0 Å². The molecule has 2 unspecified atom stereocenters. The first-order valence-electron chi connectivity index (χ1n) is 7.35. The van der Waals surface area contributed by atoms with Crippen LogP contribution in [-0.4, -0.2) is 70.7 Å². The largest absolute Gasteiger partial charge is 0.472 e. The third kappa shape index (κ3) is 4.81. The summed E-state index contributed by atoms with van der Waals surface area (Å²) in [4.78, 5) is 9.85. The Balaban J connectivity index is 1.84. The van der Waals surface area contributed by atoms with Crippen LogP contribution in [-0.2, 0) is 27.8 Å². The number of rotatable bonds is 7. The van der Waals surface area contributed by atoms with Gasteiger partial charge in [-0.1, -0.05) is 6.92 Å². The fraction of sp³-hybridized carbons (Fsp3) is 1.00. The van der Waals surface area contributed by atoms with Gasteiger partial charge in [-0.15, -0.1) is 0 Å². The Morgan fingerprint density at radius 1 is 1.18 bits per heavy atom. The Hall–Kier alpha value is 0.120. The lowest BCUT2D eigenvalue weighted by Gasteiger charge is -2.23. The maximum Gasteiger partial charge on any atom is 0.472 e. The molecule has 2 saturated heterocycles. The fourth-order valence-corrected chi connectivity index (χ4v) is 3.69. The van der Waals surface area contributed by atoms with E-state index >= 15 is 0 Å². The van der Waals surface area contributed by atoms with Crippen molar-refractivity contribution >= 4 is 23.5 Å². The van der Waals surface area contributed by atoms with Crippen molar-refractivity contribution in [2.45, 2.75) is 62.6 Å². The predicted octanol–water partition coefficient (Wildman–Crippen LogP) is 0.481. The highest BCUT2D eigenvalue weighted by Gasteiger charge is 2.40. The molecule has 2 rings (SSSR count). The number of hydrogen-bond donors (Lipinski definition) is 1. The van der Waals surface area contributed by atoms with Crippen molar-refractivity contribution in [2.24, 2.45) is 0 Å². The van der Waals surface area contributed by atoms with Crippen LogP contribution in [0.25, 0.3) is 0 Å². The van der Waals surface area contributed by atoms with Gasteiger partial charge >= 0.3 is 7.82 Å². The molecule has 0 saturated carbocycles. The Morgan fingerprint density at radius 3 is 2.36 bits per heavy atom. The van der Waals surface area contributed by atoms with E-state index < -0.39 is 32.0 Å². The lowest BCUT2D eigenvalue weighted by Crippen LogP contribution is -2.29. The summed E-state index contributed by atoms with van der Waals surface area (Å²) in [6, 6.07) is -0.966. The molecule has 0 aromatic rings. The van der Waals surface area contributed by atoms with Gasteiger partial charge in [-0.2, -0.15) is 0 Å². The van der Waals surface area contributed by atoms with Crippen molar-refractivity contribution in [1.82, 2.24) is 0 Å². The van der Waals surface area contributed by atoms with Crippen LogP contribution >= 0.6 is 7.82 Å². The van der Waals surface area contributed by atoms with Gasteiger partial charge in [0.2, 0.25) is 0 Å². The summed E-state index contributed by atoms with van der Waals surface area (Å²) < 4.78 is 38.3. The molecule has 22 heavy (non-hydrogen) atoms. The minimum atomic E-state index is -4.24. The quantitative estimate of drug-likeness (QED) is 0.537. The molecule has 2 aliphatic heterocycles. The van der Waals surface area contributed by atoms with Crippen LogP contribution in [0.3, 0.4) is 0 Å². The molecule has 7 nitrogen and oxygen atoms in total. The molecule has 2 aliphatic rings. The second-order valence-electron chi connectivity index (χ2n) is 5.49. The van der Waals surface area contributed by atoms with Crippen molar-refractivity contribution in [3.63, 3.8) is 0 Å². The lowest BCUT2D eigenvalue weighted by atomic mass is 9.96. The van der Waals surface area contributed by atoms with Crippen LogP contribution in [0, 0.1) is 0 Å². The highest BCUT2D eigenvalue weighted by atomic mass is 31.2. The lowest BCUT2D eigenvalue weighted by molar-refractivity contribution is -0.0285. The number of phosphoric ester groups is 1. The van der Waals surface area contributed by atoms with E-state index in [-0.39, 0.29) is 18.8 Å². The van der Waals surface area contributed by atoms with E-state index in [0.717, 1.165) is 0 Å². The van der Waals surface area contributed by atoms with Gasteiger partial charge in [0, 0.05) is 19.1 Å². The molecule has 0 aromatic carbocycles. The van der Waals surface area contributed by atoms with Gasteiger partial charge < -0.3 is 19.1 Å². The maximum atomic E-state index is 12.1. The molecule has 0 aliphatic carbocycles. The molecule has 2 heterocycles. The first-order chi connectivity index (χ1) is 10.3. The molecule has 0 amide bonds. The second-order valence-corrected chi connectivity index (χ2v) is 6.89. The Kier molecular flexibility index (Phi) is 6.54. The van der Waals surface area contributed by atoms with Crippen LogP contribution < -0.4 is 0 Å². The van der Waals surface area contributed by atoms with E-state index in [9.17, 15) is 9.46 Å². The first kappa shape index (κ1) is 18.5. The van der Waals surface area contributed by atoms with Gasteiger partial charge in [-0.05, 0) is 19.3 Å². The topological polar surface area (TPSA) is 83.5 Å². The molecule has 0 bridgehead atoms. The Bertz CT molecular complexity index is 413. The van der Waals surface area contributed by atoms with Crippen molar-refractivity contribution in [2.75, 3.05) is 13.7 Å². The SMILES string of the molecule is [B]C1C[C@@H](OC)[C@@H](COP(=O)(O)O[C@@H]2C[C@H]([B])O[C@@H]2CC)O1. The summed E-state index contributed by atoms with van der Waals surface area (Å²) in [7, 11) is 8.62. The molecule has 4 radical (unpaired) electrons. The average molecular weight is 330 g/mol. The van der Waals surface area contributed by atoms with Crippen LogP contribution in [0.1, 0.15) is 26.2 Å². The zero-order chi connectivity index (χ0) is 16.3. The van der Waals surface area contributed by atoms with E-state index in [2.05, 4.69) is 0 Å². The van der Waals surface area contributed by atoms with Gasteiger partial charge in [-0.3, -0.25) is 9.05 Å². The first-order valence-corrected chi connectivity index (χ1v) is 8.84. The summed E-state index contributed by atoms with van der Waals surface area (Å²) in [6.45, 7) is 1.75. The van der Waals surface area contributed by atoms with E-state index in [1.807, 2.05) is 6.92 Å². The van der Waals surface area contributed by atoms with Gasteiger partial charge in [-0.25, -0.2) is 4.57 Å². The third-order valence-corrected chi connectivity index (χ3v) is 4.85. The molecule has 122 valence electrons. The average Bonchev–Trinajstić information content (AvgIpc) is 2.98. The van der Waals surface area contributed by atoms with Gasteiger partial charge in [0.1, 0.15) is 21.8 Å². The third-order valence-electron chi connectivity index (χ3n) is 3.83. The summed E-state index contributed by atoms with van der Waals surface area (Å²) in [6.07, 6.45) is -0.190. The number of ether oxygens (including phenoxy) is 3. The minimum Gasteiger partial charge on any atom is -0.382 e. The highest BCUT2D eigenvalue weighted by molar-refractivity contribution is 7.47. The molecule has 0 aromatic heterocycles. The van der Waals surface area contributed by atoms with E-state index in [0.29, 0.717) is 19.3 Å². The number of hydrogen-bond acceptors (Lipinski definition) is 6. The standard InChI is InChI=1S/C12H21B2O7P/c1-3-7-9(5-12(14)19-7)21-22(15,16)18-6-10-8(17-2)4-11(13)20-10/h7-12H,3-6H2,1-2H3,(H,15,16)/t7-,8-,9-,10-,11?,12-/m1/s1. The summed E-state index contributed by atoms with van der Waals surface area (Å²) >= 11 is 0. The van der Waals surface area contributed by atoms with Crippen LogP contribution in [0.2, 0.25) is 0 Å². The molecular weight excluding hydrogens is 309 g/mol. The van der Waals surface area contributed by atoms with Crippen molar-refractivity contribution in [1.29, 1.82) is 0 Å². The van der Waals surface area contributed by atoms with E-state index in [4.69, 9.17) is 39.0 Å². The molecule has 10 heteroatoms. The monoisotopic (exact) mass is 330 g/mol. The van der Waals surface area contributed by atoms with E-state index in [1.54, 1.807) is 0 Å². The molecular formula is C12H21B2O7P. The number of methoxy groups -OCH3 is 1. The number of phosphoric acid groups is 1. The zero-order valence-corrected chi connectivity index (χ0v) is 13.7. The maximum absolute atomic E-state index is 12.1. The van der Waals surface area contributed by atoms with Crippen molar-refractivity contribution in [3.05, 3.63) is 0 Å². The summed E-state index contributed by atoms with van der Waals surface area (Å²) in [5.41, 5.74) is 0. The normalized spacial score (nSPS) is 41.6. The molecule has 1 N–H and O–H groups in total. The predicted molar refractivity (Wildman–Crippen MR) is 79.8 cm³/mol. The fourth-order valence-electron chi connectivity index (χ4n) is 2.73. The molecule has 2 fully saturated rings. The Morgan fingerprint density at radius 2 is 1.77 bits per heavy atom. The van der Waals surface area contributed by atoms with Gasteiger partial charge in [0.25, 0.3) is 0 Å². The highest BCUT2D eigenvalue weighted by Crippen LogP contribution is 2.48.